The number of rotatable bonds is 8. The molecule has 6 heteroatoms. The van der Waals surface area contributed by atoms with Crippen LogP contribution in [0.1, 0.15) is 54.1 Å². The molecule has 1 aliphatic rings. The second-order valence-corrected chi connectivity index (χ2v) is 8.13. The number of thiophene rings is 1. The van der Waals surface area contributed by atoms with E-state index in [4.69, 9.17) is 4.74 Å². The minimum atomic E-state index is -0.572. The lowest BCUT2D eigenvalue weighted by Crippen LogP contribution is -2.32. The number of hydrogen-bond donors (Lipinski definition) is 1. The Morgan fingerprint density at radius 1 is 1.45 bits per heavy atom. The second kappa shape index (κ2) is 11.6. The number of hydrogen-bond acceptors (Lipinski definition) is 5. The molecule has 1 aliphatic heterocycles. The maximum atomic E-state index is 12.2. The van der Waals surface area contributed by atoms with Gasteiger partial charge in [-0.05, 0) is 30.5 Å². The van der Waals surface area contributed by atoms with Crippen molar-refractivity contribution in [3.63, 3.8) is 0 Å². The highest BCUT2D eigenvalue weighted by Gasteiger charge is 2.28. The fourth-order valence-corrected chi connectivity index (χ4v) is 3.90. The number of aliphatic hydroxyl groups excluding tert-OH is 1. The third kappa shape index (κ3) is 6.88. The van der Waals surface area contributed by atoms with Crippen molar-refractivity contribution in [1.82, 2.24) is 4.90 Å². The van der Waals surface area contributed by atoms with Crippen molar-refractivity contribution in [2.75, 3.05) is 13.7 Å². The zero-order chi connectivity index (χ0) is 21.2. The highest BCUT2D eigenvalue weighted by atomic mass is 32.1. The van der Waals surface area contributed by atoms with Gasteiger partial charge < -0.3 is 14.7 Å². The molecule has 1 fully saturated rings. The Bertz CT molecular complexity index is 814. The van der Waals surface area contributed by atoms with Gasteiger partial charge in [0.25, 0.3) is 0 Å². The van der Waals surface area contributed by atoms with Gasteiger partial charge in [0.05, 0.1) is 19.3 Å². The van der Waals surface area contributed by atoms with Crippen LogP contribution in [0.4, 0.5) is 0 Å². The molecular formula is C23H29NO4S. The first-order valence-electron chi connectivity index (χ1n) is 9.92. The minimum absolute atomic E-state index is 0.00954. The summed E-state index contributed by atoms with van der Waals surface area (Å²) in [7, 11) is 1.36. The molecule has 1 aromatic heterocycles. The Morgan fingerprint density at radius 3 is 2.97 bits per heavy atom. The first-order chi connectivity index (χ1) is 14.0. The van der Waals surface area contributed by atoms with Crippen molar-refractivity contribution in [1.29, 1.82) is 0 Å². The Kier molecular flexibility index (Phi) is 9.17. The zero-order valence-electron chi connectivity index (χ0n) is 17.3. The van der Waals surface area contributed by atoms with Crippen LogP contribution >= 0.6 is 11.3 Å². The van der Waals surface area contributed by atoms with Crippen LogP contribution in [0.2, 0.25) is 0 Å². The molecule has 0 aromatic carbocycles. The predicted molar refractivity (Wildman–Crippen MR) is 116 cm³/mol. The van der Waals surface area contributed by atoms with E-state index in [-0.39, 0.29) is 23.8 Å². The summed E-state index contributed by atoms with van der Waals surface area (Å²) >= 11 is 1.35. The molecule has 0 bridgehead atoms. The number of amides is 1. The van der Waals surface area contributed by atoms with Gasteiger partial charge in [0.2, 0.25) is 5.91 Å². The van der Waals surface area contributed by atoms with E-state index in [0.29, 0.717) is 24.3 Å². The number of aliphatic hydroxyl groups is 1. The molecular weight excluding hydrogens is 386 g/mol. The van der Waals surface area contributed by atoms with Crippen LogP contribution in [-0.4, -0.2) is 47.7 Å². The highest BCUT2D eigenvalue weighted by Crippen LogP contribution is 2.22. The van der Waals surface area contributed by atoms with Gasteiger partial charge in [0.15, 0.2) is 0 Å². The molecule has 0 aliphatic carbocycles. The van der Waals surface area contributed by atoms with E-state index in [1.165, 1.54) is 18.4 Å². The van der Waals surface area contributed by atoms with Gasteiger partial charge in [-0.15, -0.1) is 23.2 Å². The van der Waals surface area contributed by atoms with Crippen LogP contribution in [0.3, 0.4) is 0 Å². The van der Waals surface area contributed by atoms with Crippen LogP contribution < -0.4 is 0 Å². The molecule has 1 N–H and O–H groups in total. The summed E-state index contributed by atoms with van der Waals surface area (Å²) in [5.41, 5.74) is 0. The maximum absolute atomic E-state index is 12.2. The van der Waals surface area contributed by atoms with E-state index < -0.39 is 6.10 Å². The average molecular weight is 416 g/mol. The van der Waals surface area contributed by atoms with Crippen LogP contribution in [0.25, 0.3) is 6.08 Å². The van der Waals surface area contributed by atoms with E-state index >= 15 is 0 Å². The maximum Gasteiger partial charge on any atom is 0.348 e. The summed E-state index contributed by atoms with van der Waals surface area (Å²) in [6.07, 6.45) is 9.74. The lowest BCUT2D eigenvalue weighted by Gasteiger charge is -2.21. The molecule has 1 amide bonds. The number of esters is 1. The van der Waals surface area contributed by atoms with Crippen LogP contribution in [0.5, 0.6) is 0 Å². The summed E-state index contributed by atoms with van der Waals surface area (Å²) in [6, 6.07) is 3.58. The van der Waals surface area contributed by atoms with Gasteiger partial charge in [-0.25, -0.2) is 4.79 Å². The van der Waals surface area contributed by atoms with E-state index in [0.717, 1.165) is 17.7 Å². The Hall–Kier alpha value is -2.36. The molecule has 0 saturated carbocycles. The normalized spacial score (nSPS) is 18.8. The van der Waals surface area contributed by atoms with Crippen LogP contribution in [-0.2, 0) is 9.53 Å². The van der Waals surface area contributed by atoms with E-state index in [1.54, 1.807) is 12.1 Å². The molecule has 3 unspecified atom stereocenters. The molecule has 2 rings (SSSR count). The van der Waals surface area contributed by atoms with Gasteiger partial charge in [-0.3, -0.25) is 4.79 Å². The summed E-state index contributed by atoms with van der Waals surface area (Å²) in [6.45, 7) is 4.47. The molecule has 0 radical (unpaired) electrons. The smallest absolute Gasteiger partial charge is 0.348 e. The number of ether oxygens (including phenoxy) is 1. The quantitative estimate of drug-likeness (QED) is 0.397. The van der Waals surface area contributed by atoms with Crippen molar-refractivity contribution >= 4 is 29.3 Å². The molecule has 1 aromatic rings. The fraction of sp³-hybridized carbons (Fsp3) is 0.478. The van der Waals surface area contributed by atoms with Gasteiger partial charge in [0.1, 0.15) is 4.88 Å². The number of likely N-dealkylation sites (tertiary alicyclic amines) is 1. The van der Waals surface area contributed by atoms with Crippen molar-refractivity contribution in [3.05, 3.63) is 40.1 Å². The standard InChI is InChI=1S/C23H29NO4S/c1-4-5-6-8-17(2)20(25)13-10-18-11-15-22(26)24(18)16-7-9-19-12-14-21(29-19)23(27)28-3/h7,9-10,12-14,17-18,20,25H,4,8,11,15-16H2,1-3H3. The first-order valence-corrected chi connectivity index (χ1v) is 10.7. The monoisotopic (exact) mass is 415 g/mol. The highest BCUT2D eigenvalue weighted by molar-refractivity contribution is 7.14. The summed E-state index contributed by atoms with van der Waals surface area (Å²) in [5, 5.41) is 10.3. The SMILES string of the molecule is CCC#CCC(C)C(O)C=CC1CCC(=O)N1CC=Cc1ccc(C(=O)OC)s1. The second-order valence-electron chi connectivity index (χ2n) is 7.01. The van der Waals surface area contributed by atoms with Gasteiger partial charge in [-0.2, -0.15) is 0 Å². The molecule has 156 valence electrons. The van der Waals surface area contributed by atoms with E-state index in [2.05, 4.69) is 11.8 Å². The molecule has 1 saturated heterocycles. The van der Waals surface area contributed by atoms with Crippen molar-refractivity contribution < 1.29 is 19.4 Å². The number of nitrogens with zero attached hydrogens (tertiary/aromatic N) is 1. The molecule has 5 nitrogen and oxygen atoms in total. The zero-order valence-corrected chi connectivity index (χ0v) is 18.1. The predicted octanol–water partition coefficient (Wildman–Crippen LogP) is 3.90. The number of carbonyl (C=O) groups is 2. The lowest BCUT2D eigenvalue weighted by molar-refractivity contribution is -0.127. The number of methoxy groups -OCH3 is 1. The topological polar surface area (TPSA) is 66.8 Å². The van der Waals surface area contributed by atoms with Crippen molar-refractivity contribution in [2.45, 2.75) is 51.7 Å². The van der Waals surface area contributed by atoms with Crippen LogP contribution in [0.15, 0.2) is 30.4 Å². The van der Waals surface area contributed by atoms with Crippen molar-refractivity contribution in [3.8, 4) is 11.8 Å². The molecule has 3 atom stereocenters. The Labute approximate surface area is 177 Å². The van der Waals surface area contributed by atoms with Crippen LogP contribution in [0, 0.1) is 17.8 Å². The van der Waals surface area contributed by atoms with Gasteiger partial charge in [-0.1, -0.05) is 32.1 Å². The van der Waals surface area contributed by atoms with Gasteiger partial charge >= 0.3 is 5.97 Å². The van der Waals surface area contributed by atoms with E-state index in [9.17, 15) is 14.7 Å². The Morgan fingerprint density at radius 2 is 2.24 bits per heavy atom. The number of carbonyl (C=O) groups excluding carboxylic acids is 2. The molecule has 2 heterocycles. The third-order valence-corrected chi connectivity index (χ3v) is 5.84. The lowest BCUT2D eigenvalue weighted by atomic mass is 10.00. The summed E-state index contributed by atoms with van der Waals surface area (Å²) in [4.78, 5) is 27.1. The molecule has 29 heavy (non-hydrogen) atoms. The summed E-state index contributed by atoms with van der Waals surface area (Å²) < 4.78 is 4.71. The largest absolute Gasteiger partial charge is 0.465 e. The average Bonchev–Trinajstić information content (AvgIpc) is 3.33. The minimum Gasteiger partial charge on any atom is -0.465 e. The fourth-order valence-electron chi connectivity index (χ4n) is 3.04. The molecule has 0 spiro atoms. The third-order valence-electron chi connectivity index (χ3n) is 4.81. The summed E-state index contributed by atoms with van der Waals surface area (Å²) in [5.74, 6) is 5.91. The van der Waals surface area contributed by atoms with E-state index in [1.807, 2.05) is 43.0 Å². The first kappa shape index (κ1) is 22.9. The van der Waals surface area contributed by atoms with Crippen molar-refractivity contribution in [2.24, 2.45) is 5.92 Å². The van der Waals surface area contributed by atoms with Gasteiger partial charge in [0, 0.05) is 30.7 Å². The Balaban J connectivity index is 1.92.